The number of hydrogen-bond acceptors (Lipinski definition) is 2. The summed E-state index contributed by atoms with van der Waals surface area (Å²) in [5, 5.41) is 0. The maximum Gasteiger partial charge on any atom is 0.142 e. The van der Waals surface area contributed by atoms with Crippen LogP contribution in [0, 0.1) is 11.5 Å². The van der Waals surface area contributed by atoms with Gasteiger partial charge < -0.3 is 9.64 Å². The van der Waals surface area contributed by atoms with Crippen molar-refractivity contribution in [3.63, 3.8) is 0 Å². The van der Waals surface area contributed by atoms with Crippen LogP contribution in [0.1, 0.15) is 19.4 Å². The van der Waals surface area contributed by atoms with Crippen LogP contribution in [0.4, 0.5) is 5.69 Å². The van der Waals surface area contributed by atoms with E-state index >= 15 is 0 Å². The minimum atomic E-state index is -1.33. The first kappa shape index (κ1) is 15.7. The van der Waals surface area contributed by atoms with E-state index in [-0.39, 0.29) is 0 Å². The standard InChI is InChI=1S/C16H25NOSi/c1-7-17(8-2)15-13-14(9-10-16(15)18-3)11-12-19(4,5)6/h9-10,13H,7-8H2,1-6H3. The quantitative estimate of drug-likeness (QED) is 0.612. The molecule has 0 aromatic heterocycles. The van der Waals surface area contributed by atoms with E-state index in [0.29, 0.717) is 0 Å². The molecule has 104 valence electrons. The summed E-state index contributed by atoms with van der Waals surface area (Å²) in [6, 6.07) is 6.19. The molecule has 0 aliphatic carbocycles. The van der Waals surface area contributed by atoms with E-state index in [1.54, 1.807) is 7.11 Å². The van der Waals surface area contributed by atoms with Crippen molar-refractivity contribution < 1.29 is 4.74 Å². The highest BCUT2D eigenvalue weighted by Gasteiger charge is 2.10. The number of rotatable bonds is 4. The van der Waals surface area contributed by atoms with Gasteiger partial charge >= 0.3 is 0 Å². The zero-order valence-corrected chi connectivity index (χ0v) is 14.0. The predicted octanol–water partition coefficient (Wildman–Crippen LogP) is 3.77. The van der Waals surface area contributed by atoms with E-state index in [9.17, 15) is 0 Å². The summed E-state index contributed by atoms with van der Waals surface area (Å²) < 4.78 is 5.45. The fourth-order valence-electron chi connectivity index (χ4n) is 1.84. The van der Waals surface area contributed by atoms with Gasteiger partial charge in [-0.3, -0.25) is 0 Å². The van der Waals surface area contributed by atoms with E-state index in [4.69, 9.17) is 4.74 Å². The van der Waals surface area contributed by atoms with Crippen LogP contribution < -0.4 is 9.64 Å². The lowest BCUT2D eigenvalue weighted by atomic mass is 10.1. The normalized spacial score (nSPS) is 10.6. The van der Waals surface area contributed by atoms with Gasteiger partial charge in [0.25, 0.3) is 0 Å². The molecule has 0 radical (unpaired) electrons. The highest BCUT2D eigenvalue weighted by Crippen LogP contribution is 2.29. The molecule has 0 N–H and O–H groups in total. The van der Waals surface area contributed by atoms with Gasteiger partial charge in [-0.15, -0.1) is 5.54 Å². The van der Waals surface area contributed by atoms with E-state index in [1.807, 2.05) is 12.1 Å². The molecule has 3 heteroatoms. The molecule has 0 bridgehead atoms. The van der Waals surface area contributed by atoms with Crippen LogP contribution in [-0.4, -0.2) is 28.3 Å². The van der Waals surface area contributed by atoms with Gasteiger partial charge in [-0.2, -0.15) is 0 Å². The van der Waals surface area contributed by atoms with Crippen LogP contribution in [0.3, 0.4) is 0 Å². The van der Waals surface area contributed by atoms with Crippen molar-refractivity contribution in [1.82, 2.24) is 0 Å². The smallest absolute Gasteiger partial charge is 0.142 e. The number of anilines is 1. The summed E-state index contributed by atoms with van der Waals surface area (Å²) in [6.45, 7) is 13.0. The summed E-state index contributed by atoms with van der Waals surface area (Å²) in [4.78, 5) is 2.29. The van der Waals surface area contributed by atoms with Gasteiger partial charge in [-0.05, 0) is 32.0 Å². The van der Waals surface area contributed by atoms with Crippen LogP contribution in [0.2, 0.25) is 19.6 Å². The van der Waals surface area contributed by atoms with Gasteiger partial charge in [0, 0.05) is 18.7 Å². The molecular formula is C16H25NOSi. The third kappa shape index (κ3) is 4.64. The van der Waals surface area contributed by atoms with Crippen molar-refractivity contribution in [3.8, 4) is 17.2 Å². The van der Waals surface area contributed by atoms with Crippen molar-refractivity contribution in [2.75, 3.05) is 25.1 Å². The lowest BCUT2D eigenvalue weighted by Crippen LogP contribution is -2.22. The Labute approximate surface area is 118 Å². The van der Waals surface area contributed by atoms with Crippen molar-refractivity contribution >= 4 is 13.8 Å². The highest BCUT2D eigenvalue weighted by atomic mass is 28.3. The molecule has 19 heavy (non-hydrogen) atoms. The Morgan fingerprint density at radius 3 is 2.26 bits per heavy atom. The summed E-state index contributed by atoms with van der Waals surface area (Å²) >= 11 is 0. The number of ether oxygens (including phenoxy) is 1. The number of hydrogen-bond donors (Lipinski definition) is 0. The Balaban J connectivity index is 3.17. The fourth-order valence-corrected chi connectivity index (χ4v) is 2.36. The second-order valence-electron chi connectivity index (χ2n) is 5.56. The van der Waals surface area contributed by atoms with Crippen LogP contribution in [0.5, 0.6) is 5.75 Å². The van der Waals surface area contributed by atoms with E-state index in [2.05, 4.69) is 55.9 Å². The molecule has 1 aromatic carbocycles. The summed E-state index contributed by atoms with van der Waals surface area (Å²) in [5.74, 6) is 4.23. The van der Waals surface area contributed by atoms with Crippen LogP contribution in [0.25, 0.3) is 0 Å². The lowest BCUT2D eigenvalue weighted by Gasteiger charge is -2.23. The van der Waals surface area contributed by atoms with E-state index in [0.717, 1.165) is 30.1 Å². The van der Waals surface area contributed by atoms with E-state index < -0.39 is 8.07 Å². The SMILES string of the molecule is CCN(CC)c1cc(C#C[Si](C)(C)C)ccc1OC. The first-order valence-electron chi connectivity index (χ1n) is 6.87. The second-order valence-corrected chi connectivity index (χ2v) is 10.3. The molecule has 0 heterocycles. The summed E-state index contributed by atoms with van der Waals surface area (Å²) in [7, 11) is 0.389. The van der Waals surface area contributed by atoms with Gasteiger partial charge in [-0.25, -0.2) is 0 Å². The second kappa shape index (κ2) is 6.67. The van der Waals surface area contributed by atoms with Gasteiger partial charge in [0.1, 0.15) is 13.8 Å². The maximum absolute atomic E-state index is 5.45. The monoisotopic (exact) mass is 275 g/mol. The molecule has 0 atom stereocenters. The molecule has 0 saturated heterocycles. The zero-order valence-electron chi connectivity index (χ0n) is 13.0. The lowest BCUT2D eigenvalue weighted by molar-refractivity contribution is 0.414. The molecule has 1 rings (SSSR count). The average Bonchev–Trinajstić information content (AvgIpc) is 2.37. The van der Waals surface area contributed by atoms with Gasteiger partial charge in [-0.1, -0.05) is 25.6 Å². The topological polar surface area (TPSA) is 12.5 Å². The summed E-state index contributed by atoms with van der Waals surface area (Å²) in [5.41, 5.74) is 5.62. The van der Waals surface area contributed by atoms with Crippen molar-refractivity contribution in [1.29, 1.82) is 0 Å². The van der Waals surface area contributed by atoms with Crippen LogP contribution in [0.15, 0.2) is 18.2 Å². The van der Waals surface area contributed by atoms with E-state index in [1.165, 1.54) is 0 Å². The summed E-state index contributed by atoms with van der Waals surface area (Å²) in [6.07, 6.45) is 0. The zero-order chi connectivity index (χ0) is 14.5. The van der Waals surface area contributed by atoms with Gasteiger partial charge in [0.05, 0.1) is 12.8 Å². The number of methoxy groups -OCH3 is 1. The third-order valence-electron chi connectivity index (χ3n) is 2.86. The van der Waals surface area contributed by atoms with Crippen LogP contribution >= 0.6 is 0 Å². The Morgan fingerprint density at radius 2 is 1.79 bits per heavy atom. The molecule has 0 fully saturated rings. The average molecular weight is 275 g/mol. The maximum atomic E-state index is 5.45. The Kier molecular flexibility index (Phi) is 5.50. The van der Waals surface area contributed by atoms with Crippen LogP contribution in [-0.2, 0) is 0 Å². The molecule has 2 nitrogen and oxygen atoms in total. The van der Waals surface area contributed by atoms with Crippen molar-refractivity contribution in [2.45, 2.75) is 33.5 Å². The molecule has 0 amide bonds. The fraction of sp³-hybridized carbons (Fsp3) is 0.500. The molecule has 0 aliphatic heterocycles. The predicted molar refractivity (Wildman–Crippen MR) is 86.8 cm³/mol. The molecule has 0 unspecified atom stereocenters. The highest BCUT2D eigenvalue weighted by molar-refractivity contribution is 6.83. The molecule has 1 aromatic rings. The minimum Gasteiger partial charge on any atom is -0.495 e. The minimum absolute atomic E-state index is 0.919. The largest absolute Gasteiger partial charge is 0.495 e. The molecule has 0 aliphatic rings. The Morgan fingerprint density at radius 1 is 1.16 bits per heavy atom. The third-order valence-corrected chi connectivity index (χ3v) is 3.74. The van der Waals surface area contributed by atoms with Crippen molar-refractivity contribution in [3.05, 3.63) is 23.8 Å². The number of benzene rings is 1. The molecule has 0 spiro atoms. The number of nitrogens with zero attached hydrogens (tertiary/aromatic N) is 1. The van der Waals surface area contributed by atoms with Crippen molar-refractivity contribution in [2.24, 2.45) is 0 Å². The molecular weight excluding hydrogens is 250 g/mol. The van der Waals surface area contributed by atoms with Gasteiger partial charge in [0.2, 0.25) is 0 Å². The first-order chi connectivity index (χ1) is 8.91. The Bertz CT molecular complexity index is 476. The van der Waals surface area contributed by atoms with Gasteiger partial charge in [0.15, 0.2) is 0 Å². The Hall–Kier alpha value is -1.40. The first-order valence-corrected chi connectivity index (χ1v) is 10.4. The molecule has 0 saturated carbocycles.